The molecule has 0 spiro atoms. The standard InChI is InChI=1S/C3H12B2S/c1-3-6(2,4)5/h3-5H2,1-2H3. The summed E-state index contributed by atoms with van der Waals surface area (Å²) in [6.07, 6.45) is 2.33. The molecule has 0 unspecified atom stereocenters. The number of rotatable bonds is 1. The normalized spacial score (nSPS) is 14.3. The van der Waals surface area contributed by atoms with Crippen molar-refractivity contribution < 1.29 is 0 Å². The molecule has 0 radical (unpaired) electrons. The fourth-order valence-corrected chi connectivity index (χ4v) is 0. The second kappa shape index (κ2) is 1.97. The summed E-state index contributed by atoms with van der Waals surface area (Å²) in [7, 11) is 4.49. The van der Waals surface area contributed by atoms with Gasteiger partial charge in [0.15, 0.2) is 0 Å². The molecule has 3 heteroatoms. The van der Waals surface area contributed by atoms with Crippen molar-refractivity contribution in [3.63, 3.8) is 0 Å². The minimum Gasteiger partial charge on any atom is -0.316 e. The summed E-state index contributed by atoms with van der Waals surface area (Å²) < 4.78 is 0. The Labute approximate surface area is 43.6 Å². The van der Waals surface area contributed by atoms with Gasteiger partial charge in [-0.05, 0) is 5.75 Å². The monoisotopic (exact) mass is 102 g/mol. The maximum absolute atomic E-state index is 2.33. The molecule has 0 aromatic heterocycles. The van der Waals surface area contributed by atoms with Crippen molar-refractivity contribution in [3.05, 3.63) is 0 Å². The van der Waals surface area contributed by atoms with Gasteiger partial charge in [0.2, 0.25) is 0 Å². The van der Waals surface area contributed by atoms with Gasteiger partial charge in [0.05, 0.1) is 0 Å². The highest BCUT2D eigenvalue weighted by Gasteiger charge is 1.96. The largest absolute Gasteiger partial charge is 0.316 e. The number of hydrogen-bond acceptors (Lipinski definition) is 0. The third kappa shape index (κ3) is 4.48. The van der Waals surface area contributed by atoms with Gasteiger partial charge in [-0.3, -0.25) is 0 Å². The van der Waals surface area contributed by atoms with Gasteiger partial charge in [-0.1, -0.05) is 13.2 Å². The van der Waals surface area contributed by atoms with Crippen molar-refractivity contribution >= 4 is 24.0 Å². The quantitative estimate of drug-likeness (QED) is 0.393. The molecule has 0 nitrogen and oxygen atoms in total. The highest BCUT2D eigenvalue weighted by atomic mass is 32.3. The second-order valence-electron chi connectivity index (χ2n) is 2.38. The molecule has 0 N–H and O–H groups in total. The molecule has 0 atom stereocenters. The van der Waals surface area contributed by atoms with E-state index in [2.05, 4.69) is 27.4 Å². The van der Waals surface area contributed by atoms with Gasteiger partial charge in [-0.2, -0.15) is 0 Å². The zero-order valence-corrected chi connectivity index (χ0v) is 5.93. The summed E-state index contributed by atoms with van der Waals surface area (Å²) in [6, 6.07) is 0. The van der Waals surface area contributed by atoms with Crippen LogP contribution >= 0.6 is 9.73 Å². The first kappa shape index (κ1) is 6.48. The predicted molar refractivity (Wildman–Crippen MR) is 41.1 cm³/mol. The third-order valence-corrected chi connectivity index (χ3v) is 2.60. The van der Waals surface area contributed by atoms with Gasteiger partial charge in [-0.15, -0.1) is 0 Å². The Morgan fingerprint density at radius 3 is 1.67 bits per heavy atom. The van der Waals surface area contributed by atoms with E-state index in [0.29, 0.717) is 0 Å². The fraction of sp³-hybridized carbons (Fsp3) is 1.00. The smallest absolute Gasteiger partial charge is 0.142 e. The molecule has 0 aromatic carbocycles. The van der Waals surface area contributed by atoms with Crippen LogP contribution in [0.25, 0.3) is 0 Å². The summed E-state index contributed by atoms with van der Waals surface area (Å²) in [5.74, 6) is 1.35. The van der Waals surface area contributed by atoms with Gasteiger partial charge < -0.3 is 9.73 Å². The molecule has 0 heterocycles. The summed E-state index contributed by atoms with van der Waals surface area (Å²) >= 11 is 0. The van der Waals surface area contributed by atoms with Gasteiger partial charge in [0.25, 0.3) is 0 Å². The van der Waals surface area contributed by atoms with Gasteiger partial charge in [0.1, 0.15) is 14.2 Å². The minimum atomic E-state index is -0.162. The van der Waals surface area contributed by atoms with Crippen LogP contribution in [0, 0.1) is 0 Å². The zero-order valence-electron chi connectivity index (χ0n) is 5.12. The molecular weight excluding hydrogens is 89.7 g/mol. The lowest BCUT2D eigenvalue weighted by molar-refractivity contribution is 1.52. The predicted octanol–water partition coefficient (Wildman–Crippen LogP) is -0.463. The summed E-state index contributed by atoms with van der Waals surface area (Å²) in [4.78, 5) is 0. The van der Waals surface area contributed by atoms with Crippen LogP contribution in [0.4, 0.5) is 0 Å². The molecule has 0 saturated carbocycles. The molecule has 0 aliphatic rings. The molecule has 0 saturated heterocycles. The Bertz CT molecular complexity index is 38.5. The first-order valence-electron chi connectivity index (χ1n) is 2.22. The van der Waals surface area contributed by atoms with Crippen LogP contribution in [0.5, 0.6) is 0 Å². The Morgan fingerprint density at radius 2 is 1.67 bits per heavy atom. The topological polar surface area (TPSA) is 0 Å². The molecule has 0 bridgehead atoms. The van der Waals surface area contributed by atoms with Crippen molar-refractivity contribution in [1.82, 2.24) is 0 Å². The van der Waals surface area contributed by atoms with Gasteiger partial charge in [0, 0.05) is 0 Å². The highest BCUT2D eigenvalue weighted by molar-refractivity contribution is 8.63. The Balaban J connectivity index is 3.17. The lowest BCUT2D eigenvalue weighted by atomic mass is 10.7. The Hall–Kier alpha value is 0.480. The average molecular weight is 102 g/mol. The molecule has 6 heavy (non-hydrogen) atoms. The Morgan fingerprint density at radius 1 is 1.50 bits per heavy atom. The van der Waals surface area contributed by atoms with Crippen LogP contribution in [0.15, 0.2) is 0 Å². The number of hydrogen-bond donors (Lipinski definition) is 0. The first-order chi connectivity index (χ1) is 2.56. The summed E-state index contributed by atoms with van der Waals surface area (Å²) in [5, 5.41) is 0. The Kier molecular flexibility index (Phi) is 2.12. The molecule has 0 fully saturated rings. The summed E-state index contributed by atoms with van der Waals surface area (Å²) in [5.41, 5.74) is 0. The molecule has 0 rings (SSSR count). The average Bonchev–Trinajstić information content (AvgIpc) is 1.35. The van der Waals surface area contributed by atoms with Crippen LogP contribution in [-0.4, -0.2) is 26.3 Å². The van der Waals surface area contributed by atoms with E-state index in [1.54, 1.807) is 0 Å². The highest BCUT2D eigenvalue weighted by Crippen LogP contribution is 2.29. The third-order valence-electron chi connectivity index (χ3n) is 0.866. The van der Waals surface area contributed by atoms with Crippen molar-refractivity contribution in [2.75, 3.05) is 12.0 Å². The van der Waals surface area contributed by atoms with Crippen LogP contribution in [0.1, 0.15) is 6.92 Å². The van der Waals surface area contributed by atoms with Gasteiger partial charge >= 0.3 is 0 Å². The van der Waals surface area contributed by atoms with E-state index in [1.807, 2.05) is 0 Å². The van der Waals surface area contributed by atoms with E-state index in [9.17, 15) is 0 Å². The van der Waals surface area contributed by atoms with E-state index in [-0.39, 0.29) is 9.73 Å². The second-order valence-corrected chi connectivity index (χ2v) is 7.14. The fourth-order valence-electron chi connectivity index (χ4n) is 0. The van der Waals surface area contributed by atoms with E-state index >= 15 is 0 Å². The molecule has 0 aliphatic heterocycles. The van der Waals surface area contributed by atoms with Crippen molar-refractivity contribution in [2.24, 2.45) is 0 Å². The maximum atomic E-state index is 2.33. The minimum absolute atomic E-state index is 0.162. The van der Waals surface area contributed by atoms with Crippen molar-refractivity contribution in [3.8, 4) is 0 Å². The lowest BCUT2D eigenvalue weighted by Gasteiger charge is -2.21. The molecule has 0 aromatic rings. The van der Waals surface area contributed by atoms with E-state index in [0.717, 1.165) is 0 Å². The molecule has 36 valence electrons. The van der Waals surface area contributed by atoms with Gasteiger partial charge in [-0.25, -0.2) is 0 Å². The van der Waals surface area contributed by atoms with Crippen LogP contribution in [0.3, 0.4) is 0 Å². The van der Waals surface area contributed by atoms with E-state index in [1.165, 1.54) is 5.75 Å². The summed E-state index contributed by atoms with van der Waals surface area (Å²) in [6.45, 7) is 2.25. The van der Waals surface area contributed by atoms with Crippen LogP contribution in [-0.2, 0) is 0 Å². The van der Waals surface area contributed by atoms with E-state index in [4.69, 9.17) is 0 Å². The lowest BCUT2D eigenvalue weighted by Crippen LogP contribution is -1.96. The maximum Gasteiger partial charge on any atom is 0.142 e. The SMILES string of the molecule is BS(B)(C)CC. The van der Waals surface area contributed by atoms with Crippen molar-refractivity contribution in [2.45, 2.75) is 6.92 Å². The first-order valence-corrected chi connectivity index (χ1v) is 5.25. The van der Waals surface area contributed by atoms with Crippen molar-refractivity contribution in [1.29, 1.82) is 0 Å². The van der Waals surface area contributed by atoms with Crippen LogP contribution < -0.4 is 0 Å². The zero-order chi connectivity index (χ0) is 5.21. The van der Waals surface area contributed by atoms with E-state index < -0.39 is 0 Å². The molecule has 0 amide bonds. The molecule has 0 aliphatic carbocycles. The molecular formula is C3H12B2S. The van der Waals surface area contributed by atoms with Crippen LogP contribution in [0.2, 0.25) is 0 Å².